The Balaban J connectivity index is 1.57. The van der Waals surface area contributed by atoms with Gasteiger partial charge in [-0.25, -0.2) is 0 Å². The highest BCUT2D eigenvalue weighted by molar-refractivity contribution is 7.99. The summed E-state index contributed by atoms with van der Waals surface area (Å²) in [6, 6.07) is 20.8. The van der Waals surface area contributed by atoms with Crippen molar-refractivity contribution in [3.05, 3.63) is 83.5 Å². The standard InChI is InChI=1S/C22H18ClN5OS/c1-15-13-16(23)10-11-18(15)25-20(29)14-30-22-27-26-21(19-9-5-6-12-24-19)28(22)17-7-3-2-4-8-17/h2-13H,14H2,1H3,(H,25,29). The largest absolute Gasteiger partial charge is 0.325 e. The van der Waals surface area contributed by atoms with Crippen LogP contribution in [0.4, 0.5) is 5.69 Å². The third-order valence-electron chi connectivity index (χ3n) is 4.34. The van der Waals surface area contributed by atoms with Crippen molar-refractivity contribution >= 4 is 35.0 Å². The second-order valence-corrected chi connectivity index (χ2v) is 7.87. The van der Waals surface area contributed by atoms with E-state index in [0.29, 0.717) is 21.7 Å². The maximum atomic E-state index is 12.5. The topological polar surface area (TPSA) is 72.7 Å². The molecule has 2 aromatic carbocycles. The van der Waals surface area contributed by atoms with Crippen LogP contribution in [0.2, 0.25) is 5.02 Å². The lowest BCUT2D eigenvalue weighted by molar-refractivity contribution is -0.113. The molecule has 30 heavy (non-hydrogen) atoms. The predicted octanol–water partition coefficient (Wildman–Crippen LogP) is 5.02. The highest BCUT2D eigenvalue weighted by atomic mass is 35.5. The molecule has 4 rings (SSSR count). The molecule has 0 saturated carbocycles. The number of aryl methyl sites for hydroxylation is 1. The highest BCUT2D eigenvalue weighted by Crippen LogP contribution is 2.27. The van der Waals surface area contributed by atoms with Crippen molar-refractivity contribution in [1.29, 1.82) is 0 Å². The van der Waals surface area contributed by atoms with Gasteiger partial charge in [0, 0.05) is 22.6 Å². The van der Waals surface area contributed by atoms with Crippen LogP contribution in [0.25, 0.3) is 17.2 Å². The number of rotatable bonds is 6. The van der Waals surface area contributed by atoms with Crippen LogP contribution < -0.4 is 5.32 Å². The van der Waals surface area contributed by atoms with E-state index in [1.54, 1.807) is 18.3 Å². The molecule has 2 aromatic heterocycles. The Morgan fingerprint density at radius 2 is 1.87 bits per heavy atom. The van der Waals surface area contributed by atoms with Crippen LogP contribution in [0.3, 0.4) is 0 Å². The number of hydrogen-bond donors (Lipinski definition) is 1. The number of para-hydroxylation sites is 1. The molecule has 2 heterocycles. The monoisotopic (exact) mass is 435 g/mol. The first-order valence-electron chi connectivity index (χ1n) is 9.23. The lowest BCUT2D eigenvalue weighted by atomic mass is 10.2. The summed E-state index contributed by atoms with van der Waals surface area (Å²) in [6.45, 7) is 1.90. The van der Waals surface area contributed by atoms with Crippen LogP contribution >= 0.6 is 23.4 Å². The number of pyridine rings is 1. The number of nitrogens with one attached hydrogen (secondary N) is 1. The number of nitrogens with zero attached hydrogens (tertiary/aromatic N) is 4. The van der Waals surface area contributed by atoms with Gasteiger partial charge >= 0.3 is 0 Å². The number of carbonyl (C=O) groups is 1. The van der Waals surface area contributed by atoms with Crippen LogP contribution in [-0.4, -0.2) is 31.4 Å². The molecular formula is C22H18ClN5OS. The first-order valence-corrected chi connectivity index (χ1v) is 10.6. The second kappa shape index (κ2) is 9.11. The van der Waals surface area contributed by atoms with Gasteiger partial charge in [-0.1, -0.05) is 47.6 Å². The van der Waals surface area contributed by atoms with E-state index in [9.17, 15) is 4.79 Å². The number of carbonyl (C=O) groups excluding carboxylic acids is 1. The normalized spacial score (nSPS) is 10.7. The van der Waals surface area contributed by atoms with Crippen LogP contribution in [0.1, 0.15) is 5.56 Å². The average Bonchev–Trinajstić information content (AvgIpc) is 3.19. The molecule has 0 spiro atoms. The molecule has 4 aromatic rings. The van der Waals surface area contributed by atoms with E-state index in [2.05, 4.69) is 20.5 Å². The lowest BCUT2D eigenvalue weighted by Crippen LogP contribution is -2.15. The lowest BCUT2D eigenvalue weighted by Gasteiger charge is -2.11. The fourth-order valence-corrected chi connectivity index (χ4v) is 3.90. The minimum Gasteiger partial charge on any atom is -0.325 e. The Hall–Kier alpha value is -3.16. The Kier molecular flexibility index (Phi) is 6.11. The number of aromatic nitrogens is 4. The SMILES string of the molecule is Cc1cc(Cl)ccc1NC(=O)CSc1nnc(-c2ccccn2)n1-c1ccccc1. The van der Waals surface area contributed by atoms with Crippen LogP contribution in [0.15, 0.2) is 78.1 Å². The Morgan fingerprint density at radius 1 is 1.07 bits per heavy atom. The number of hydrogen-bond acceptors (Lipinski definition) is 5. The summed E-state index contributed by atoms with van der Waals surface area (Å²) in [4.78, 5) is 16.9. The van der Waals surface area contributed by atoms with Crippen LogP contribution in [0, 0.1) is 6.92 Å². The summed E-state index contributed by atoms with van der Waals surface area (Å²) in [5.41, 5.74) is 3.26. The van der Waals surface area contributed by atoms with Gasteiger partial charge in [0.1, 0.15) is 5.69 Å². The highest BCUT2D eigenvalue weighted by Gasteiger charge is 2.18. The van der Waals surface area contributed by atoms with Gasteiger partial charge in [-0.3, -0.25) is 14.3 Å². The molecule has 0 bridgehead atoms. The number of amides is 1. The molecule has 0 aliphatic heterocycles. The minimum absolute atomic E-state index is 0.132. The summed E-state index contributed by atoms with van der Waals surface area (Å²) < 4.78 is 1.91. The first kappa shape index (κ1) is 20.1. The van der Waals surface area contributed by atoms with E-state index in [4.69, 9.17) is 11.6 Å². The van der Waals surface area contributed by atoms with Crippen LogP contribution in [0.5, 0.6) is 0 Å². The van der Waals surface area contributed by atoms with Gasteiger partial charge in [0.15, 0.2) is 11.0 Å². The Morgan fingerprint density at radius 3 is 2.60 bits per heavy atom. The second-order valence-electron chi connectivity index (χ2n) is 6.49. The molecule has 0 radical (unpaired) electrons. The number of benzene rings is 2. The zero-order chi connectivity index (χ0) is 20.9. The Bertz CT molecular complexity index is 1160. The predicted molar refractivity (Wildman–Crippen MR) is 120 cm³/mol. The van der Waals surface area contributed by atoms with Crippen molar-refractivity contribution in [2.75, 3.05) is 11.1 Å². The van der Waals surface area contributed by atoms with E-state index >= 15 is 0 Å². The minimum atomic E-state index is -0.132. The fourth-order valence-electron chi connectivity index (χ4n) is 2.92. The molecule has 1 N–H and O–H groups in total. The van der Waals surface area contributed by atoms with Crippen molar-refractivity contribution in [3.8, 4) is 17.2 Å². The van der Waals surface area contributed by atoms with E-state index < -0.39 is 0 Å². The molecule has 0 aliphatic carbocycles. The number of anilines is 1. The van der Waals surface area contributed by atoms with E-state index in [1.165, 1.54) is 11.8 Å². The summed E-state index contributed by atoms with van der Waals surface area (Å²) in [6.07, 6.45) is 1.72. The molecule has 0 saturated heterocycles. The summed E-state index contributed by atoms with van der Waals surface area (Å²) >= 11 is 7.30. The van der Waals surface area contributed by atoms with Crippen molar-refractivity contribution in [2.45, 2.75) is 12.1 Å². The third kappa shape index (κ3) is 4.53. The van der Waals surface area contributed by atoms with Gasteiger partial charge in [-0.2, -0.15) is 0 Å². The van der Waals surface area contributed by atoms with Crippen molar-refractivity contribution in [2.24, 2.45) is 0 Å². The van der Waals surface area contributed by atoms with Gasteiger partial charge in [0.2, 0.25) is 5.91 Å². The third-order valence-corrected chi connectivity index (χ3v) is 5.50. The smallest absolute Gasteiger partial charge is 0.234 e. The molecule has 0 fully saturated rings. The van der Waals surface area contributed by atoms with Crippen molar-refractivity contribution in [3.63, 3.8) is 0 Å². The fraction of sp³-hybridized carbons (Fsp3) is 0.0909. The molecule has 6 nitrogen and oxygen atoms in total. The Labute approximate surface area is 183 Å². The van der Waals surface area contributed by atoms with Gasteiger partial charge in [-0.05, 0) is 55.0 Å². The summed E-state index contributed by atoms with van der Waals surface area (Å²) in [7, 11) is 0. The van der Waals surface area contributed by atoms with Crippen molar-refractivity contribution < 1.29 is 4.79 Å². The van der Waals surface area contributed by atoms with Crippen molar-refractivity contribution in [1.82, 2.24) is 19.7 Å². The zero-order valence-electron chi connectivity index (χ0n) is 16.1. The van der Waals surface area contributed by atoms with Gasteiger partial charge < -0.3 is 5.32 Å². The van der Waals surface area contributed by atoms with E-state index in [1.807, 2.05) is 66.1 Å². The maximum Gasteiger partial charge on any atom is 0.234 e. The zero-order valence-corrected chi connectivity index (χ0v) is 17.7. The van der Waals surface area contributed by atoms with Crippen LogP contribution in [-0.2, 0) is 4.79 Å². The molecular weight excluding hydrogens is 418 g/mol. The van der Waals surface area contributed by atoms with Gasteiger partial charge in [0.05, 0.1) is 5.75 Å². The summed E-state index contributed by atoms with van der Waals surface area (Å²) in [5.74, 6) is 0.681. The number of halogens is 1. The molecule has 0 aliphatic rings. The summed E-state index contributed by atoms with van der Waals surface area (Å²) in [5, 5.41) is 12.8. The molecule has 8 heteroatoms. The average molecular weight is 436 g/mol. The first-order chi connectivity index (χ1) is 14.6. The van der Waals surface area contributed by atoms with E-state index in [0.717, 1.165) is 16.9 Å². The molecule has 1 amide bonds. The molecule has 0 atom stereocenters. The van der Waals surface area contributed by atoms with Gasteiger partial charge in [0.25, 0.3) is 0 Å². The quantitative estimate of drug-likeness (QED) is 0.430. The molecule has 150 valence electrons. The molecule has 0 unspecified atom stereocenters. The maximum absolute atomic E-state index is 12.5. The number of thioether (sulfide) groups is 1. The van der Waals surface area contributed by atoms with Gasteiger partial charge in [-0.15, -0.1) is 10.2 Å². The van der Waals surface area contributed by atoms with E-state index in [-0.39, 0.29) is 11.7 Å².